The number of nitrogens with one attached hydrogen (secondary N) is 1. The number of para-hydroxylation sites is 1. The first kappa shape index (κ1) is 19.7. The zero-order chi connectivity index (χ0) is 21.1. The number of aromatic amines is 1. The number of rotatable bonds is 6. The second-order valence-corrected chi connectivity index (χ2v) is 7.57. The Bertz CT molecular complexity index is 1220. The molecule has 0 radical (unpaired) electrons. The summed E-state index contributed by atoms with van der Waals surface area (Å²) in [5, 5.41) is 0.943. The van der Waals surface area contributed by atoms with Gasteiger partial charge in [0.25, 0.3) is 0 Å². The van der Waals surface area contributed by atoms with Gasteiger partial charge in [0.2, 0.25) is 11.5 Å². The van der Waals surface area contributed by atoms with Crippen LogP contribution in [0, 0.1) is 6.92 Å². The third kappa shape index (κ3) is 4.20. The maximum Gasteiger partial charge on any atom is 0.248 e. The van der Waals surface area contributed by atoms with Gasteiger partial charge in [0, 0.05) is 37.0 Å². The van der Waals surface area contributed by atoms with Crippen LogP contribution in [0.3, 0.4) is 0 Å². The lowest BCUT2D eigenvalue weighted by Crippen LogP contribution is -2.28. The van der Waals surface area contributed by atoms with Crippen molar-refractivity contribution in [2.75, 3.05) is 7.05 Å². The molecule has 0 bridgehead atoms. The number of aryl methyl sites for hydroxylation is 1. The Morgan fingerprint density at radius 3 is 2.50 bits per heavy atom. The Morgan fingerprint density at radius 1 is 1.03 bits per heavy atom. The molecule has 1 atom stereocenters. The van der Waals surface area contributed by atoms with E-state index in [9.17, 15) is 9.59 Å². The van der Waals surface area contributed by atoms with E-state index in [1.807, 2.05) is 73.7 Å². The van der Waals surface area contributed by atoms with E-state index < -0.39 is 0 Å². The molecule has 4 aromatic rings. The van der Waals surface area contributed by atoms with E-state index in [-0.39, 0.29) is 23.8 Å². The van der Waals surface area contributed by atoms with Gasteiger partial charge in [0.15, 0.2) is 0 Å². The highest BCUT2D eigenvalue weighted by atomic mass is 16.3. The summed E-state index contributed by atoms with van der Waals surface area (Å²) < 4.78 is 5.86. The van der Waals surface area contributed by atoms with Crippen LogP contribution in [-0.2, 0) is 11.3 Å². The van der Waals surface area contributed by atoms with Crippen LogP contribution in [0.4, 0.5) is 0 Å². The van der Waals surface area contributed by atoms with Crippen LogP contribution in [0.5, 0.6) is 0 Å². The van der Waals surface area contributed by atoms with Gasteiger partial charge in [-0.05, 0) is 36.2 Å². The lowest BCUT2D eigenvalue weighted by Gasteiger charge is -2.22. The topological polar surface area (TPSA) is 66.3 Å². The Morgan fingerprint density at radius 2 is 1.77 bits per heavy atom. The first-order valence-electron chi connectivity index (χ1n) is 9.97. The Labute approximate surface area is 175 Å². The standard InChI is InChI=1S/C25H24N2O3/c1-17-12-13-23(30-17)21(18-8-4-3-5-9-18)15-25(29)27(2)16-19-14-24(28)26-22-11-7-6-10-20(19)22/h3-14,21H,15-16H2,1-2H3,(H,26,28). The van der Waals surface area contributed by atoms with Gasteiger partial charge in [0.05, 0.1) is 5.92 Å². The van der Waals surface area contributed by atoms with E-state index in [2.05, 4.69) is 4.98 Å². The van der Waals surface area contributed by atoms with Gasteiger partial charge in [0.1, 0.15) is 11.5 Å². The molecule has 0 aliphatic heterocycles. The van der Waals surface area contributed by atoms with Crippen LogP contribution in [0.25, 0.3) is 10.9 Å². The minimum Gasteiger partial charge on any atom is -0.466 e. The van der Waals surface area contributed by atoms with Crippen LogP contribution in [0.1, 0.15) is 35.0 Å². The number of hydrogen-bond acceptors (Lipinski definition) is 3. The number of hydrogen-bond donors (Lipinski definition) is 1. The number of aromatic nitrogens is 1. The van der Waals surface area contributed by atoms with E-state index in [0.29, 0.717) is 6.54 Å². The molecule has 2 aromatic carbocycles. The number of furan rings is 1. The second kappa shape index (κ2) is 8.41. The molecule has 1 N–H and O–H groups in total. The Kier molecular flexibility index (Phi) is 5.53. The molecule has 2 aromatic heterocycles. The predicted octanol–water partition coefficient (Wildman–Crippen LogP) is 4.61. The van der Waals surface area contributed by atoms with Gasteiger partial charge in [-0.1, -0.05) is 48.5 Å². The summed E-state index contributed by atoms with van der Waals surface area (Å²) in [5.74, 6) is 1.43. The quantitative estimate of drug-likeness (QED) is 0.514. The molecule has 0 aliphatic rings. The maximum absolute atomic E-state index is 13.1. The van der Waals surface area contributed by atoms with E-state index >= 15 is 0 Å². The molecule has 0 fully saturated rings. The highest BCUT2D eigenvalue weighted by Gasteiger charge is 2.23. The summed E-state index contributed by atoms with van der Waals surface area (Å²) in [4.78, 5) is 29.7. The molecule has 5 heteroatoms. The minimum atomic E-state index is -0.169. The summed E-state index contributed by atoms with van der Waals surface area (Å²) in [6, 6.07) is 23.0. The molecule has 152 valence electrons. The van der Waals surface area contributed by atoms with Crippen molar-refractivity contribution in [2.24, 2.45) is 0 Å². The molecule has 0 saturated carbocycles. The number of fused-ring (bicyclic) bond motifs is 1. The van der Waals surface area contributed by atoms with Crippen molar-refractivity contribution < 1.29 is 9.21 Å². The normalized spacial score (nSPS) is 12.1. The van der Waals surface area contributed by atoms with Crippen LogP contribution in [0.2, 0.25) is 0 Å². The van der Waals surface area contributed by atoms with Gasteiger partial charge in [-0.3, -0.25) is 9.59 Å². The average molecular weight is 400 g/mol. The third-order valence-corrected chi connectivity index (χ3v) is 5.35. The minimum absolute atomic E-state index is 0.0118. The van der Waals surface area contributed by atoms with Gasteiger partial charge in [-0.2, -0.15) is 0 Å². The first-order chi connectivity index (χ1) is 14.5. The number of benzene rings is 2. The monoisotopic (exact) mass is 400 g/mol. The molecule has 0 spiro atoms. The van der Waals surface area contributed by atoms with Crippen molar-refractivity contribution in [3.63, 3.8) is 0 Å². The van der Waals surface area contributed by atoms with Crippen molar-refractivity contribution in [1.82, 2.24) is 9.88 Å². The zero-order valence-corrected chi connectivity index (χ0v) is 17.1. The van der Waals surface area contributed by atoms with Crippen molar-refractivity contribution in [2.45, 2.75) is 25.8 Å². The second-order valence-electron chi connectivity index (χ2n) is 7.57. The van der Waals surface area contributed by atoms with Crippen molar-refractivity contribution in [3.05, 3.63) is 106 Å². The molecule has 2 heterocycles. The Balaban J connectivity index is 1.58. The number of pyridine rings is 1. The fourth-order valence-corrected chi connectivity index (χ4v) is 3.79. The molecular weight excluding hydrogens is 376 g/mol. The summed E-state index contributed by atoms with van der Waals surface area (Å²) >= 11 is 0. The molecule has 1 unspecified atom stereocenters. The predicted molar refractivity (Wildman–Crippen MR) is 117 cm³/mol. The van der Waals surface area contributed by atoms with Crippen LogP contribution in [0.15, 0.2) is 82.0 Å². The van der Waals surface area contributed by atoms with Gasteiger partial charge in [-0.15, -0.1) is 0 Å². The summed E-state index contributed by atoms with van der Waals surface area (Å²) in [5.41, 5.74) is 2.47. The van der Waals surface area contributed by atoms with Gasteiger partial charge >= 0.3 is 0 Å². The molecule has 1 amide bonds. The van der Waals surface area contributed by atoms with E-state index in [1.165, 1.54) is 0 Å². The number of carbonyl (C=O) groups is 1. The maximum atomic E-state index is 13.1. The lowest BCUT2D eigenvalue weighted by molar-refractivity contribution is -0.130. The SMILES string of the molecule is Cc1ccc(C(CC(=O)N(C)Cc2cc(=O)[nH]c3ccccc23)c2ccccc2)o1. The molecule has 0 aliphatic carbocycles. The average Bonchev–Trinajstić information content (AvgIpc) is 3.18. The highest BCUT2D eigenvalue weighted by Crippen LogP contribution is 2.30. The fourth-order valence-electron chi connectivity index (χ4n) is 3.79. The van der Waals surface area contributed by atoms with Crippen molar-refractivity contribution in [1.29, 1.82) is 0 Å². The number of amides is 1. The highest BCUT2D eigenvalue weighted by molar-refractivity contribution is 5.83. The van der Waals surface area contributed by atoms with Crippen LogP contribution < -0.4 is 5.56 Å². The van der Waals surface area contributed by atoms with Crippen molar-refractivity contribution in [3.8, 4) is 0 Å². The van der Waals surface area contributed by atoms with Crippen LogP contribution >= 0.6 is 0 Å². The summed E-state index contributed by atoms with van der Waals surface area (Å²) in [7, 11) is 1.77. The zero-order valence-electron chi connectivity index (χ0n) is 17.1. The van der Waals surface area contributed by atoms with Gasteiger partial charge < -0.3 is 14.3 Å². The van der Waals surface area contributed by atoms with Gasteiger partial charge in [-0.25, -0.2) is 0 Å². The van der Waals surface area contributed by atoms with E-state index in [1.54, 1.807) is 18.0 Å². The van der Waals surface area contributed by atoms with E-state index in [0.717, 1.165) is 33.6 Å². The largest absolute Gasteiger partial charge is 0.466 e. The van der Waals surface area contributed by atoms with E-state index in [4.69, 9.17) is 4.42 Å². The summed E-state index contributed by atoms with van der Waals surface area (Å²) in [6.45, 7) is 2.26. The smallest absolute Gasteiger partial charge is 0.248 e. The Hall–Kier alpha value is -3.60. The molecule has 4 rings (SSSR count). The molecule has 5 nitrogen and oxygen atoms in total. The number of nitrogens with zero attached hydrogens (tertiary/aromatic N) is 1. The number of H-pyrrole nitrogens is 1. The third-order valence-electron chi connectivity index (χ3n) is 5.35. The molecule has 0 saturated heterocycles. The summed E-state index contributed by atoms with van der Waals surface area (Å²) in [6.07, 6.45) is 0.286. The number of carbonyl (C=O) groups excluding carboxylic acids is 1. The molecule has 30 heavy (non-hydrogen) atoms. The first-order valence-corrected chi connectivity index (χ1v) is 9.97. The van der Waals surface area contributed by atoms with Crippen molar-refractivity contribution >= 4 is 16.8 Å². The fraction of sp³-hybridized carbons (Fsp3) is 0.200. The molecular formula is C25H24N2O3. The van der Waals surface area contributed by atoms with Crippen LogP contribution in [-0.4, -0.2) is 22.8 Å². The lowest BCUT2D eigenvalue weighted by atomic mass is 9.92.